The van der Waals surface area contributed by atoms with E-state index in [-0.39, 0.29) is 5.41 Å². The van der Waals surface area contributed by atoms with Gasteiger partial charge in [0, 0.05) is 26.2 Å². The summed E-state index contributed by atoms with van der Waals surface area (Å²) < 4.78 is 7.29. The molecule has 1 saturated heterocycles. The molecule has 36 heavy (non-hydrogen) atoms. The second-order valence-electron chi connectivity index (χ2n) is 11.3. The normalized spacial score (nSPS) is 29.2. The number of nitrogens with zero attached hydrogens (tertiary/aromatic N) is 7. The van der Waals surface area contributed by atoms with Gasteiger partial charge in [-0.25, -0.2) is 9.97 Å². The lowest BCUT2D eigenvalue weighted by atomic mass is 9.49. The summed E-state index contributed by atoms with van der Waals surface area (Å²) in [5, 5.41) is 8.82. The topological polar surface area (TPSA) is 89.3 Å². The highest BCUT2D eigenvalue weighted by molar-refractivity contribution is 5.85. The van der Waals surface area contributed by atoms with Crippen LogP contribution in [0.1, 0.15) is 45.4 Å². The van der Waals surface area contributed by atoms with Crippen LogP contribution in [0.2, 0.25) is 0 Å². The average molecular weight is 488 g/mol. The lowest BCUT2D eigenvalue weighted by Crippen LogP contribution is -2.58. The van der Waals surface area contributed by atoms with Gasteiger partial charge in [0.15, 0.2) is 17.0 Å². The number of rotatable bonds is 5. The first-order chi connectivity index (χ1) is 17.6. The van der Waals surface area contributed by atoms with E-state index in [9.17, 15) is 4.79 Å². The van der Waals surface area contributed by atoms with Crippen LogP contribution < -0.4 is 9.64 Å². The van der Waals surface area contributed by atoms with Crippen LogP contribution in [0, 0.1) is 23.2 Å². The van der Waals surface area contributed by atoms with Crippen molar-refractivity contribution in [1.82, 2.24) is 29.9 Å². The summed E-state index contributed by atoms with van der Waals surface area (Å²) in [5.41, 5.74) is 2.17. The molecule has 8 rings (SSSR count). The number of anilines is 1. The molecule has 188 valence electrons. The van der Waals surface area contributed by atoms with Gasteiger partial charge >= 0.3 is 0 Å². The summed E-state index contributed by atoms with van der Waals surface area (Å²) in [6.45, 7) is 5.57. The number of carbonyl (C=O) groups excluding carboxylic acids is 1. The molecule has 0 N–H and O–H groups in total. The minimum atomic E-state index is -0.0699. The Balaban J connectivity index is 1.08. The van der Waals surface area contributed by atoms with Crippen molar-refractivity contribution in [1.29, 1.82) is 0 Å². The summed E-state index contributed by atoms with van der Waals surface area (Å²) in [5.74, 6) is 4.40. The van der Waals surface area contributed by atoms with Crippen LogP contribution in [0.4, 0.5) is 5.82 Å². The van der Waals surface area contributed by atoms with Gasteiger partial charge in [-0.05, 0) is 87.5 Å². The lowest BCUT2D eigenvalue weighted by molar-refractivity contribution is -0.158. The van der Waals surface area contributed by atoms with Gasteiger partial charge in [-0.3, -0.25) is 4.79 Å². The van der Waals surface area contributed by atoms with Gasteiger partial charge in [0.2, 0.25) is 5.91 Å². The van der Waals surface area contributed by atoms with Crippen molar-refractivity contribution in [2.75, 3.05) is 37.7 Å². The maximum absolute atomic E-state index is 13.8. The van der Waals surface area contributed by atoms with Crippen LogP contribution in [-0.2, 0) is 4.79 Å². The third kappa shape index (κ3) is 3.54. The third-order valence-electron chi connectivity index (χ3n) is 8.97. The van der Waals surface area contributed by atoms with Gasteiger partial charge in [-0.2, -0.15) is 4.68 Å². The Labute approximate surface area is 210 Å². The molecule has 3 aromatic rings. The fourth-order valence-electron chi connectivity index (χ4n) is 7.82. The van der Waals surface area contributed by atoms with E-state index in [0.717, 1.165) is 80.4 Å². The van der Waals surface area contributed by atoms with Gasteiger partial charge in [0.05, 0.1) is 17.7 Å². The van der Waals surface area contributed by atoms with Crippen LogP contribution in [-0.4, -0.2) is 68.6 Å². The van der Waals surface area contributed by atoms with E-state index < -0.39 is 0 Å². The number of piperazine rings is 1. The first-order valence-corrected chi connectivity index (χ1v) is 13.5. The Kier molecular flexibility index (Phi) is 5.15. The molecule has 0 radical (unpaired) electrons. The van der Waals surface area contributed by atoms with Crippen molar-refractivity contribution in [3.05, 3.63) is 30.6 Å². The van der Waals surface area contributed by atoms with E-state index in [1.54, 1.807) is 11.0 Å². The van der Waals surface area contributed by atoms with Crippen molar-refractivity contribution in [2.24, 2.45) is 23.2 Å². The molecule has 1 aromatic carbocycles. The minimum absolute atomic E-state index is 0.0699. The van der Waals surface area contributed by atoms with Crippen molar-refractivity contribution >= 4 is 22.9 Å². The molecule has 5 aliphatic rings. The molecule has 0 unspecified atom stereocenters. The Hall–Kier alpha value is -3.23. The predicted molar refractivity (Wildman–Crippen MR) is 135 cm³/mol. The summed E-state index contributed by atoms with van der Waals surface area (Å²) in [6, 6.07) is 7.76. The van der Waals surface area contributed by atoms with Crippen LogP contribution in [0.5, 0.6) is 5.75 Å². The summed E-state index contributed by atoms with van der Waals surface area (Å²) >= 11 is 0. The number of amides is 1. The van der Waals surface area contributed by atoms with E-state index in [0.29, 0.717) is 23.7 Å². The molecule has 5 fully saturated rings. The molecule has 3 heterocycles. The number of fused-ring (bicyclic) bond motifs is 1. The number of aromatic nitrogens is 5. The average Bonchev–Trinajstić information content (AvgIpc) is 3.33. The molecule has 4 bridgehead atoms. The zero-order valence-corrected chi connectivity index (χ0v) is 20.8. The second kappa shape index (κ2) is 8.42. The molecule has 4 saturated carbocycles. The number of carbonyl (C=O) groups is 1. The second-order valence-corrected chi connectivity index (χ2v) is 11.3. The summed E-state index contributed by atoms with van der Waals surface area (Å²) in [6.07, 6.45) is 9.04. The summed E-state index contributed by atoms with van der Waals surface area (Å²) in [7, 11) is 0. The smallest absolute Gasteiger partial charge is 0.228 e. The van der Waals surface area contributed by atoms with Gasteiger partial charge in [-0.1, -0.05) is 5.21 Å². The molecule has 9 nitrogen and oxygen atoms in total. The number of benzene rings is 1. The number of hydrogen-bond acceptors (Lipinski definition) is 7. The largest absolute Gasteiger partial charge is 0.494 e. The SMILES string of the molecule is CCOc1ccc(-n2nnc3c(N4CCN(C(=O)C56CC7CC(CC(C7)C5)C6)CC4)ncnc32)cc1. The fraction of sp³-hybridized carbons (Fsp3) is 0.593. The highest BCUT2D eigenvalue weighted by Gasteiger charge is 2.55. The monoisotopic (exact) mass is 487 g/mol. The van der Waals surface area contributed by atoms with E-state index in [1.807, 2.05) is 31.2 Å². The Morgan fingerprint density at radius 1 is 0.972 bits per heavy atom. The van der Waals surface area contributed by atoms with Crippen molar-refractivity contribution in [2.45, 2.75) is 45.4 Å². The van der Waals surface area contributed by atoms with E-state index in [4.69, 9.17) is 4.74 Å². The van der Waals surface area contributed by atoms with Crippen LogP contribution >= 0.6 is 0 Å². The predicted octanol–water partition coefficient (Wildman–Crippen LogP) is 3.47. The molecule has 1 amide bonds. The zero-order chi connectivity index (χ0) is 24.3. The zero-order valence-electron chi connectivity index (χ0n) is 20.8. The Bertz CT molecular complexity index is 1240. The molecule has 1 aliphatic heterocycles. The maximum Gasteiger partial charge on any atom is 0.228 e. The number of hydrogen-bond donors (Lipinski definition) is 0. The molecular formula is C27H33N7O2. The van der Waals surface area contributed by atoms with Gasteiger partial charge in [0.1, 0.15) is 12.1 Å². The van der Waals surface area contributed by atoms with Crippen molar-refractivity contribution in [3.63, 3.8) is 0 Å². The Morgan fingerprint density at radius 3 is 2.28 bits per heavy atom. The van der Waals surface area contributed by atoms with Crippen LogP contribution in [0.3, 0.4) is 0 Å². The standard InChI is InChI=1S/C27H33N7O2/c1-2-36-22-5-3-21(4-6-22)34-25-23(30-31-34)24(28-17-29-25)32-7-9-33(10-8-32)26(35)27-14-18-11-19(15-27)13-20(12-18)16-27/h3-6,17-20H,2,7-16H2,1H3. The number of ether oxygens (including phenoxy) is 1. The van der Waals surface area contributed by atoms with Gasteiger partial charge < -0.3 is 14.5 Å². The van der Waals surface area contributed by atoms with E-state index >= 15 is 0 Å². The molecule has 2 aromatic heterocycles. The quantitative estimate of drug-likeness (QED) is 0.544. The van der Waals surface area contributed by atoms with E-state index in [2.05, 4.69) is 30.1 Å². The first-order valence-electron chi connectivity index (χ1n) is 13.5. The van der Waals surface area contributed by atoms with Crippen molar-refractivity contribution < 1.29 is 9.53 Å². The van der Waals surface area contributed by atoms with Gasteiger partial charge in [0.25, 0.3) is 0 Å². The summed E-state index contributed by atoms with van der Waals surface area (Å²) in [4.78, 5) is 27.2. The van der Waals surface area contributed by atoms with Crippen LogP contribution in [0.25, 0.3) is 16.9 Å². The highest BCUT2D eigenvalue weighted by Crippen LogP contribution is 2.60. The lowest BCUT2D eigenvalue weighted by Gasteiger charge is -2.57. The highest BCUT2D eigenvalue weighted by atomic mass is 16.5. The molecule has 9 heteroatoms. The minimum Gasteiger partial charge on any atom is -0.494 e. The first kappa shape index (κ1) is 22.0. The molecule has 0 spiro atoms. The van der Waals surface area contributed by atoms with Crippen molar-refractivity contribution in [3.8, 4) is 11.4 Å². The molecular weight excluding hydrogens is 454 g/mol. The van der Waals surface area contributed by atoms with Gasteiger partial charge in [-0.15, -0.1) is 5.10 Å². The molecule has 4 aliphatic carbocycles. The molecule has 0 atom stereocenters. The fourth-order valence-corrected chi connectivity index (χ4v) is 7.82. The maximum atomic E-state index is 13.8. The third-order valence-corrected chi connectivity index (χ3v) is 8.97. The van der Waals surface area contributed by atoms with E-state index in [1.165, 1.54) is 19.3 Å². The van der Waals surface area contributed by atoms with Crippen LogP contribution in [0.15, 0.2) is 30.6 Å². The Morgan fingerprint density at radius 2 is 1.64 bits per heavy atom.